The molecule has 1 fully saturated rings. The molecule has 1 atom stereocenters. The van der Waals surface area contributed by atoms with Gasteiger partial charge in [0.05, 0.1) is 6.61 Å². The van der Waals surface area contributed by atoms with E-state index in [4.69, 9.17) is 4.74 Å². The van der Waals surface area contributed by atoms with Gasteiger partial charge in [-0.2, -0.15) is 0 Å². The number of para-hydroxylation sites is 1. The van der Waals surface area contributed by atoms with E-state index in [0.29, 0.717) is 0 Å². The summed E-state index contributed by atoms with van der Waals surface area (Å²) < 4.78 is 10.0. The van der Waals surface area contributed by atoms with Gasteiger partial charge in [0.15, 0.2) is 5.72 Å². The van der Waals surface area contributed by atoms with Crippen LogP contribution < -0.4 is 4.90 Å². The van der Waals surface area contributed by atoms with Crippen LogP contribution in [0.2, 0.25) is 0 Å². The number of benzene rings is 3. The molecule has 6 rings (SSSR count). The van der Waals surface area contributed by atoms with Gasteiger partial charge in [0, 0.05) is 50.5 Å². The van der Waals surface area contributed by atoms with Gasteiger partial charge in [0.25, 0.3) is 0 Å². The molecular formula is C28H27BrN2O. The van der Waals surface area contributed by atoms with Crippen molar-refractivity contribution < 1.29 is 4.74 Å². The molecular weight excluding hydrogens is 460 g/mol. The maximum absolute atomic E-state index is 6.51. The van der Waals surface area contributed by atoms with E-state index in [0.717, 1.165) is 24.2 Å². The minimum atomic E-state index is -0.452. The van der Waals surface area contributed by atoms with Crippen LogP contribution in [0.25, 0.3) is 27.9 Å². The smallest absolute Gasteiger partial charge is 0.170 e. The first-order valence-electron chi connectivity index (χ1n) is 11.4. The molecule has 4 aromatic rings. The number of fused-ring (bicyclic) bond motifs is 6. The first kappa shape index (κ1) is 20.1. The number of aromatic nitrogens is 1. The molecule has 0 N–H and O–H groups in total. The average Bonchev–Trinajstić information content (AvgIpc) is 3.41. The van der Waals surface area contributed by atoms with Gasteiger partial charge in [-0.05, 0) is 60.5 Å². The number of hydrogen-bond donors (Lipinski definition) is 0. The van der Waals surface area contributed by atoms with Crippen LogP contribution in [0.1, 0.15) is 31.9 Å². The average molecular weight is 487 g/mol. The lowest BCUT2D eigenvalue weighted by atomic mass is 9.77. The Hall–Kier alpha value is -2.56. The Bertz CT molecular complexity index is 1400. The summed E-state index contributed by atoms with van der Waals surface area (Å²) in [7, 11) is 0. The highest BCUT2D eigenvalue weighted by Crippen LogP contribution is 2.55. The molecule has 3 heterocycles. The highest BCUT2D eigenvalue weighted by molar-refractivity contribution is 9.10. The molecule has 0 aliphatic carbocycles. The molecule has 4 heteroatoms. The van der Waals surface area contributed by atoms with E-state index in [2.05, 4.69) is 119 Å². The van der Waals surface area contributed by atoms with Crippen molar-refractivity contribution in [2.45, 2.75) is 38.5 Å². The summed E-state index contributed by atoms with van der Waals surface area (Å²) in [5.41, 5.74) is 5.83. The SMILES string of the molecule is CCn1c2ccc(Br)cc2c2cc(C=CC34OCCN3c3ccccc3C4(C)C)ccc21. The molecule has 32 heavy (non-hydrogen) atoms. The molecule has 0 saturated carbocycles. The summed E-state index contributed by atoms with van der Waals surface area (Å²) in [6, 6.07) is 22.1. The van der Waals surface area contributed by atoms with Crippen LogP contribution in [0, 0.1) is 0 Å². The number of nitrogens with zero attached hydrogens (tertiary/aromatic N) is 2. The second kappa shape index (κ2) is 6.97. The van der Waals surface area contributed by atoms with Crippen molar-refractivity contribution in [2.75, 3.05) is 18.1 Å². The van der Waals surface area contributed by atoms with Crippen molar-refractivity contribution in [2.24, 2.45) is 0 Å². The second-order valence-electron chi connectivity index (χ2n) is 9.35. The van der Waals surface area contributed by atoms with Crippen LogP contribution in [-0.2, 0) is 16.7 Å². The predicted molar refractivity (Wildman–Crippen MR) is 137 cm³/mol. The standard InChI is InChI=1S/C28H27BrN2O/c1-4-30-24-11-9-19(17-21(24)22-18-20(29)10-12-25(22)30)13-14-28-27(2,3)23-7-5-6-8-26(23)31(28)15-16-32-28/h5-14,17-18H,4,15-16H2,1-3H3. The minimum Gasteiger partial charge on any atom is -0.349 e. The molecule has 1 aromatic heterocycles. The Morgan fingerprint density at radius 3 is 2.56 bits per heavy atom. The van der Waals surface area contributed by atoms with Crippen molar-refractivity contribution in [1.29, 1.82) is 0 Å². The molecule has 1 saturated heterocycles. The predicted octanol–water partition coefficient (Wildman–Crippen LogP) is 7.11. The van der Waals surface area contributed by atoms with Crippen molar-refractivity contribution in [3.05, 3.63) is 82.3 Å². The van der Waals surface area contributed by atoms with Crippen LogP contribution in [0.15, 0.2) is 71.2 Å². The van der Waals surface area contributed by atoms with E-state index in [1.54, 1.807) is 0 Å². The lowest BCUT2D eigenvalue weighted by Gasteiger charge is -2.39. The summed E-state index contributed by atoms with van der Waals surface area (Å²) >= 11 is 3.65. The molecule has 2 aliphatic rings. The molecule has 3 nitrogen and oxygen atoms in total. The lowest BCUT2D eigenvalue weighted by molar-refractivity contribution is 0.000337. The van der Waals surface area contributed by atoms with Crippen LogP contribution in [0.5, 0.6) is 0 Å². The molecule has 0 radical (unpaired) electrons. The fraction of sp³-hybridized carbons (Fsp3) is 0.286. The number of aryl methyl sites for hydroxylation is 1. The molecule has 0 spiro atoms. The van der Waals surface area contributed by atoms with Gasteiger partial charge >= 0.3 is 0 Å². The summed E-state index contributed by atoms with van der Waals surface area (Å²) in [6.07, 6.45) is 4.54. The molecule has 2 aliphatic heterocycles. The third-order valence-electron chi connectivity index (χ3n) is 7.47. The van der Waals surface area contributed by atoms with Gasteiger partial charge in [-0.3, -0.25) is 0 Å². The number of anilines is 1. The molecule has 162 valence electrons. The normalized spacial score (nSPS) is 21.7. The first-order valence-corrected chi connectivity index (χ1v) is 12.2. The third-order valence-corrected chi connectivity index (χ3v) is 7.96. The maximum atomic E-state index is 6.51. The monoisotopic (exact) mass is 486 g/mol. The quantitative estimate of drug-likeness (QED) is 0.306. The van der Waals surface area contributed by atoms with Gasteiger partial charge in [0.2, 0.25) is 0 Å². The summed E-state index contributed by atoms with van der Waals surface area (Å²) in [5, 5.41) is 2.58. The van der Waals surface area contributed by atoms with Crippen molar-refractivity contribution in [3.63, 3.8) is 0 Å². The van der Waals surface area contributed by atoms with Crippen LogP contribution in [0.4, 0.5) is 5.69 Å². The third kappa shape index (κ3) is 2.57. The fourth-order valence-electron chi connectivity index (χ4n) is 5.88. The molecule has 0 amide bonds. The Morgan fingerprint density at radius 2 is 1.75 bits per heavy atom. The van der Waals surface area contributed by atoms with Crippen LogP contribution in [0.3, 0.4) is 0 Å². The van der Waals surface area contributed by atoms with E-state index in [1.165, 1.54) is 38.6 Å². The minimum absolute atomic E-state index is 0.135. The van der Waals surface area contributed by atoms with Crippen molar-refractivity contribution in [3.8, 4) is 0 Å². The lowest BCUT2D eigenvalue weighted by Crippen LogP contribution is -2.51. The van der Waals surface area contributed by atoms with Gasteiger partial charge < -0.3 is 14.2 Å². The van der Waals surface area contributed by atoms with Gasteiger partial charge in [-0.25, -0.2) is 0 Å². The Morgan fingerprint density at radius 1 is 1.00 bits per heavy atom. The van der Waals surface area contributed by atoms with E-state index >= 15 is 0 Å². The van der Waals surface area contributed by atoms with E-state index < -0.39 is 5.72 Å². The Balaban J connectivity index is 1.48. The largest absolute Gasteiger partial charge is 0.349 e. The number of rotatable bonds is 3. The van der Waals surface area contributed by atoms with Crippen molar-refractivity contribution in [1.82, 2.24) is 4.57 Å². The number of hydrogen-bond acceptors (Lipinski definition) is 2. The first-order chi connectivity index (χ1) is 15.5. The molecule has 1 unspecified atom stereocenters. The summed E-state index contributed by atoms with van der Waals surface area (Å²) in [6.45, 7) is 9.43. The zero-order valence-corrected chi connectivity index (χ0v) is 20.3. The van der Waals surface area contributed by atoms with Gasteiger partial charge in [-0.15, -0.1) is 0 Å². The second-order valence-corrected chi connectivity index (χ2v) is 10.3. The summed E-state index contributed by atoms with van der Waals surface area (Å²) in [5.74, 6) is 0. The highest BCUT2D eigenvalue weighted by Gasteiger charge is 2.58. The van der Waals surface area contributed by atoms with E-state index in [-0.39, 0.29) is 5.41 Å². The number of ether oxygens (including phenoxy) is 1. The van der Waals surface area contributed by atoms with Gasteiger partial charge in [-0.1, -0.05) is 60.1 Å². The topological polar surface area (TPSA) is 17.4 Å². The van der Waals surface area contributed by atoms with Crippen molar-refractivity contribution >= 4 is 49.5 Å². The Labute approximate surface area is 197 Å². The number of halogens is 1. The Kier molecular flexibility index (Phi) is 4.37. The zero-order chi connectivity index (χ0) is 22.1. The molecule has 0 bridgehead atoms. The van der Waals surface area contributed by atoms with Gasteiger partial charge in [0.1, 0.15) is 0 Å². The summed E-state index contributed by atoms with van der Waals surface area (Å²) in [4.78, 5) is 2.44. The van der Waals surface area contributed by atoms with Crippen LogP contribution >= 0.6 is 15.9 Å². The fourth-order valence-corrected chi connectivity index (χ4v) is 6.24. The van der Waals surface area contributed by atoms with E-state index in [9.17, 15) is 0 Å². The zero-order valence-electron chi connectivity index (χ0n) is 18.7. The maximum Gasteiger partial charge on any atom is 0.170 e. The van der Waals surface area contributed by atoms with Crippen LogP contribution in [-0.4, -0.2) is 23.4 Å². The molecule has 3 aromatic carbocycles. The highest BCUT2D eigenvalue weighted by atomic mass is 79.9. The van der Waals surface area contributed by atoms with E-state index in [1.807, 2.05) is 0 Å².